The molecule has 0 spiro atoms. The van der Waals surface area contributed by atoms with E-state index in [0.717, 1.165) is 10.4 Å². The van der Waals surface area contributed by atoms with E-state index in [4.69, 9.17) is 11.6 Å². The molecule has 2 aromatic rings. The van der Waals surface area contributed by atoms with E-state index < -0.39 is 6.10 Å². The highest BCUT2D eigenvalue weighted by molar-refractivity contribution is 7.09. The van der Waals surface area contributed by atoms with Crippen LogP contribution in [0.3, 0.4) is 0 Å². The molecule has 1 atom stereocenters. The number of aliphatic hydroxyl groups excluding tert-OH is 1. The van der Waals surface area contributed by atoms with Crippen LogP contribution in [0.2, 0.25) is 5.02 Å². The number of hydrogen-bond donors (Lipinski definition) is 2. The Bertz CT molecular complexity index is 461. The summed E-state index contributed by atoms with van der Waals surface area (Å²) in [6.45, 7) is 1.19. The van der Waals surface area contributed by atoms with Gasteiger partial charge in [-0.1, -0.05) is 29.8 Å². The van der Waals surface area contributed by atoms with Gasteiger partial charge in [0.1, 0.15) is 0 Å². The van der Waals surface area contributed by atoms with Crippen LogP contribution in [-0.2, 0) is 6.54 Å². The fraction of sp³-hybridized carbons (Fsp3) is 0.250. The van der Waals surface area contributed by atoms with Crippen molar-refractivity contribution < 1.29 is 5.11 Å². The average Bonchev–Trinajstić information content (AvgIpc) is 2.82. The normalized spacial score (nSPS) is 12.6. The Morgan fingerprint density at radius 2 is 2.24 bits per heavy atom. The molecule has 0 saturated carbocycles. The van der Waals surface area contributed by atoms with Crippen LogP contribution in [0.4, 0.5) is 0 Å². The van der Waals surface area contributed by atoms with E-state index in [1.54, 1.807) is 22.9 Å². The van der Waals surface area contributed by atoms with Crippen molar-refractivity contribution in [1.29, 1.82) is 0 Å². The summed E-state index contributed by atoms with van der Waals surface area (Å²) in [7, 11) is 0. The molecule has 17 heavy (non-hydrogen) atoms. The Balaban J connectivity index is 1.85. The average molecular weight is 269 g/mol. The Morgan fingerprint density at radius 1 is 1.41 bits per heavy atom. The van der Waals surface area contributed by atoms with Gasteiger partial charge in [-0.3, -0.25) is 4.98 Å². The van der Waals surface area contributed by atoms with Crippen molar-refractivity contribution in [3.05, 3.63) is 51.4 Å². The van der Waals surface area contributed by atoms with Gasteiger partial charge in [-0.15, -0.1) is 11.3 Å². The van der Waals surface area contributed by atoms with Crippen LogP contribution < -0.4 is 5.32 Å². The van der Waals surface area contributed by atoms with Gasteiger partial charge in [0.2, 0.25) is 0 Å². The Kier molecular flexibility index (Phi) is 4.50. The third kappa shape index (κ3) is 3.51. The van der Waals surface area contributed by atoms with Crippen LogP contribution in [0.25, 0.3) is 0 Å². The van der Waals surface area contributed by atoms with Crippen LogP contribution >= 0.6 is 22.9 Å². The van der Waals surface area contributed by atoms with E-state index in [2.05, 4.69) is 10.3 Å². The second-order valence-corrected chi connectivity index (χ2v) is 5.01. The molecule has 0 fully saturated rings. The number of aliphatic hydroxyl groups is 1. The third-order valence-electron chi connectivity index (χ3n) is 2.38. The first-order chi connectivity index (χ1) is 8.27. The lowest BCUT2D eigenvalue weighted by Gasteiger charge is -2.13. The van der Waals surface area contributed by atoms with Gasteiger partial charge >= 0.3 is 0 Å². The Labute approximate surface area is 109 Å². The lowest BCUT2D eigenvalue weighted by molar-refractivity contribution is 0.174. The van der Waals surface area contributed by atoms with E-state index in [1.807, 2.05) is 24.4 Å². The van der Waals surface area contributed by atoms with E-state index >= 15 is 0 Å². The highest BCUT2D eigenvalue weighted by Gasteiger charge is 2.10. The summed E-state index contributed by atoms with van der Waals surface area (Å²) < 4.78 is 0. The molecule has 0 amide bonds. The van der Waals surface area contributed by atoms with Gasteiger partial charge in [-0.2, -0.15) is 0 Å². The minimum atomic E-state index is -0.586. The molecule has 1 aromatic heterocycles. The maximum atomic E-state index is 9.97. The Morgan fingerprint density at radius 3 is 2.94 bits per heavy atom. The largest absolute Gasteiger partial charge is 0.387 e. The smallest absolute Gasteiger partial charge is 0.0928 e. The molecular formula is C12H13ClN2OS. The van der Waals surface area contributed by atoms with Crippen LogP contribution in [0.15, 0.2) is 36.0 Å². The van der Waals surface area contributed by atoms with Crippen molar-refractivity contribution in [2.45, 2.75) is 12.6 Å². The summed E-state index contributed by atoms with van der Waals surface area (Å²) >= 11 is 7.59. The molecule has 1 heterocycles. The fourth-order valence-electron chi connectivity index (χ4n) is 1.52. The number of benzene rings is 1. The molecule has 0 aliphatic heterocycles. The van der Waals surface area contributed by atoms with Crippen LogP contribution in [0.5, 0.6) is 0 Å². The molecule has 2 rings (SSSR count). The van der Waals surface area contributed by atoms with E-state index in [9.17, 15) is 5.11 Å². The summed E-state index contributed by atoms with van der Waals surface area (Å²) in [4.78, 5) is 5.14. The predicted octanol–water partition coefficient (Wildman–Crippen LogP) is 2.62. The van der Waals surface area contributed by atoms with Gasteiger partial charge in [-0.05, 0) is 6.07 Å². The van der Waals surface area contributed by atoms with E-state index in [1.165, 1.54) is 0 Å². The van der Waals surface area contributed by atoms with Crippen LogP contribution in [-0.4, -0.2) is 16.6 Å². The molecule has 0 bridgehead atoms. The van der Waals surface area contributed by atoms with Crippen molar-refractivity contribution >= 4 is 22.9 Å². The highest BCUT2D eigenvalue weighted by Crippen LogP contribution is 2.21. The molecule has 1 unspecified atom stereocenters. The SMILES string of the molecule is OC(CNCc1cncs1)c1ccccc1Cl. The molecule has 0 radical (unpaired) electrons. The monoisotopic (exact) mass is 268 g/mol. The number of halogens is 1. The summed E-state index contributed by atoms with van der Waals surface area (Å²) in [5, 5.41) is 13.7. The van der Waals surface area contributed by atoms with E-state index in [-0.39, 0.29) is 0 Å². The van der Waals surface area contributed by atoms with Crippen LogP contribution in [0.1, 0.15) is 16.5 Å². The van der Waals surface area contributed by atoms with E-state index in [0.29, 0.717) is 18.1 Å². The maximum Gasteiger partial charge on any atom is 0.0928 e. The lowest BCUT2D eigenvalue weighted by atomic mass is 10.1. The van der Waals surface area contributed by atoms with Crippen LogP contribution in [0, 0.1) is 0 Å². The Hall–Kier alpha value is -0.940. The zero-order valence-corrected chi connectivity index (χ0v) is 10.7. The molecule has 0 aliphatic rings. The zero-order valence-electron chi connectivity index (χ0n) is 9.14. The van der Waals surface area contributed by atoms with Crippen molar-refractivity contribution in [1.82, 2.24) is 10.3 Å². The summed E-state index contributed by atoms with van der Waals surface area (Å²) in [6.07, 6.45) is 1.23. The number of thiazole rings is 1. The lowest BCUT2D eigenvalue weighted by Crippen LogP contribution is -2.20. The first-order valence-corrected chi connectivity index (χ1v) is 6.53. The van der Waals surface area contributed by atoms with Gasteiger partial charge < -0.3 is 10.4 Å². The van der Waals surface area contributed by atoms with Gasteiger partial charge in [0, 0.05) is 34.7 Å². The number of hydrogen-bond acceptors (Lipinski definition) is 4. The maximum absolute atomic E-state index is 9.97. The molecule has 3 nitrogen and oxygen atoms in total. The number of nitrogens with zero attached hydrogens (tertiary/aromatic N) is 1. The summed E-state index contributed by atoms with van der Waals surface area (Å²) in [5.74, 6) is 0. The minimum Gasteiger partial charge on any atom is -0.387 e. The molecule has 1 aromatic carbocycles. The van der Waals surface area contributed by atoms with Crippen molar-refractivity contribution in [3.63, 3.8) is 0 Å². The number of aromatic nitrogens is 1. The van der Waals surface area contributed by atoms with Crippen molar-refractivity contribution in [2.24, 2.45) is 0 Å². The van der Waals surface area contributed by atoms with Crippen molar-refractivity contribution in [2.75, 3.05) is 6.54 Å². The predicted molar refractivity (Wildman–Crippen MR) is 70.2 cm³/mol. The molecule has 0 saturated heterocycles. The molecule has 2 N–H and O–H groups in total. The van der Waals surface area contributed by atoms with Gasteiger partial charge in [0.15, 0.2) is 0 Å². The summed E-state index contributed by atoms with van der Waals surface area (Å²) in [6, 6.07) is 7.33. The third-order valence-corrected chi connectivity index (χ3v) is 3.51. The minimum absolute atomic E-state index is 0.474. The highest BCUT2D eigenvalue weighted by atomic mass is 35.5. The van der Waals surface area contributed by atoms with Gasteiger partial charge in [0.05, 0.1) is 11.6 Å². The standard InChI is InChI=1S/C12H13ClN2OS/c13-11-4-2-1-3-10(11)12(16)7-14-5-9-6-15-8-17-9/h1-4,6,8,12,14,16H,5,7H2. The quantitative estimate of drug-likeness (QED) is 0.876. The second-order valence-electron chi connectivity index (χ2n) is 3.64. The second kappa shape index (κ2) is 6.12. The fourth-order valence-corrected chi connectivity index (χ4v) is 2.34. The molecule has 0 aliphatic carbocycles. The number of nitrogens with one attached hydrogen (secondary N) is 1. The van der Waals surface area contributed by atoms with Gasteiger partial charge in [0.25, 0.3) is 0 Å². The first kappa shape index (κ1) is 12.5. The summed E-state index contributed by atoms with van der Waals surface area (Å²) in [5.41, 5.74) is 2.55. The number of rotatable bonds is 5. The van der Waals surface area contributed by atoms with Gasteiger partial charge in [-0.25, -0.2) is 0 Å². The van der Waals surface area contributed by atoms with Crippen molar-refractivity contribution in [3.8, 4) is 0 Å². The molecule has 5 heteroatoms. The molecular weight excluding hydrogens is 256 g/mol. The molecule has 90 valence electrons. The zero-order chi connectivity index (χ0) is 12.1. The first-order valence-electron chi connectivity index (χ1n) is 5.28. The topological polar surface area (TPSA) is 45.1 Å².